The second-order valence-corrected chi connectivity index (χ2v) is 13.6. The molecule has 11 heteroatoms. The van der Waals surface area contributed by atoms with Crippen molar-refractivity contribution in [3.8, 4) is 0 Å². The molecular weight excluding hydrogens is 622 g/mol. The molecule has 7 atom stereocenters. The zero-order chi connectivity index (χ0) is 35.3. The number of aromatic nitrogens is 4. The Kier molecular flexibility index (Phi) is 9.67. The summed E-state index contributed by atoms with van der Waals surface area (Å²) in [6.45, 7) is 16.1. The molecule has 260 valence electrons. The molecule has 11 nitrogen and oxygen atoms in total. The number of hydrogen-bond acceptors (Lipinski definition) is 8. The van der Waals surface area contributed by atoms with Gasteiger partial charge in [-0.25, -0.2) is 4.98 Å². The Morgan fingerprint density at radius 1 is 0.980 bits per heavy atom. The van der Waals surface area contributed by atoms with E-state index >= 15 is 0 Å². The third-order valence-electron chi connectivity index (χ3n) is 10.6. The third kappa shape index (κ3) is 6.26. The van der Waals surface area contributed by atoms with Crippen molar-refractivity contribution in [2.24, 2.45) is 0 Å². The highest BCUT2D eigenvalue weighted by molar-refractivity contribution is 5.86. The summed E-state index contributed by atoms with van der Waals surface area (Å²) in [5, 5.41) is 43.2. The van der Waals surface area contributed by atoms with Gasteiger partial charge in [-0.1, -0.05) is 26.5 Å². The number of hydrogen-bond donors (Lipinski definition) is 7. The van der Waals surface area contributed by atoms with E-state index in [2.05, 4.69) is 80.8 Å². The number of aliphatic hydroxyl groups is 4. The standard InChI is InChI=1S/C38H47N5O6/c1-8-22-19(5)28-15-31-23(9-2)18(4)27(40-31)14-29-20(6)24(10-11-33(45)43-35-37(47)36(46)32(16-44)49-38(35)48)34(42-29)21(7)26-12-17(3)25(39-26)13-30(22)41-28/h9,12-15,20,24,32,35-38,40-41,44,46-48H,2,8,10-11,16H2,1,3-7H3,(H,43,45)/t20-,24-,32+,35+,36+,37+,38?/m0/s1. The fourth-order valence-electron chi connectivity index (χ4n) is 7.48. The first-order valence-corrected chi connectivity index (χ1v) is 17.0. The van der Waals surface area contributed by atoms with Crippen LogP contribution in [0.25, 0.3) is 39.8 Å². The molecule has 1 fully saturated rings. The number of carbonyl (C=O) groups excluding carboxylic acids is 1. The first kappa shape index (κ1) is 34.7. The van der Waals surface area contributed by atoms with Crippen LogP contribution < -0.4 is 5.32 Å². The molecule has 6 heterocycles. The van der Waals surface area contributed by atoms with Gasteiger partial charge in [-0.15, -0.1) is 0 Å². The van der Waals surface area contributed by atoms with Crippen LogP contribution in [0.3, 0.4) is 0 Å². The average molecular weight is 670 g/mol. The van der Waals surface area contributed by atoms with E-state index < -0.39 is 43.2 Å². The zero-order valence-corrected chi connectivity index (χ0v) is 29.0. The lowest BCUT2D eigenvalue weighted by atomic mass is 9.85. The Hall–Kier alpha value is -4.13. The van der Waals surface area contributed by atoms with Gasteiger partial charge in [-0.2, -0.15) is 0 Å². The number of nitrogens with one attached hydrogen (secondary N) is 3. The molecule has 0 saturated carbocycles. The Bertz CT molecular complexity index is 1990. The van der Waals surface area contributed by atoms with Gasteiger partial charge in [-0.3, -0.25) is 9.78 Å². The Morgan fingerprint density at radius 2 is 1.69 bits per heavy atom. The van der Waals surface area contributed by atoms with Crippen molar-refractivity contribution < 1.29 is 30.0 Å². The van der Waals surface area contributed by atoms with Crippen LogP contribution in [0.15, 0.2) is 24.8 Å². The maximum atomic E-state index is 13.2. The second kappa shape index (κ2) is 13.6. The SMILES string of the molecule is C=Cc1c(C)c2cc3nc(c(C)c4nc(cc5[nH]c(cc1[nH]2)c(C)c5CC)C(C)=C4)[C@@H](CCC(=O)N[C@H]1C(O)O[C@H](CO)[C@@H](O)[C@@H]1O)[C@@H]3C. The number of fused-ring (bicyclic) bond motifs is 8. The van der Waals surface area contributed by atoms with Gasteiger partial charge in [-0.05, 0) is 92.6 Å². The van der Waals surface area contributed by atoms with E-state index in [0.29, 0.717) is 6.42 Å². The first-order valence-electron chi connectivity index (χ1n) is 17.0. The topological polar surface area (TPSA) is 177 Å². The van der Waals surface area contributed by atoms with Gasteiger partial charge >= 0.3 is 0 Å². The predicted molar refractivity (Wildman–Crippen MR) is 191 cm³/mol. The Balaban J connectivity index is 1.44. The minimum atomic E-state index is -1.58. The highest BCUT2D eigenvalue weighted by Crippen LogP contribution is 2.42. The number of amides is 1. The maximum Gasteiger partial charge on any atom is 0.220 e. The Labute approximate surface area is 285 Å². The molecule has 1 amide bonds. The Morgan fingerprint density at radius 3 is 2.39 bits per heavy atom. The van der Waals surface area contributed by atoms with E-state index in [4.69, 9.17) is 14.7 Å². The summed E-state index contributed by atoms with van der Waals surface area (Å²) in [5.74, 6) is -0.582. The van der Waals surface area contributed by atoms with E-state index in [0.717, 1.165) is 73.5 Å². The van der Waals surface area contributed by atoms with Crippen LogP contribution in [0.2, 0.25) is 0 Å². The molecule has 3 aliphatic rings. The van der Waals surface area contributed by atoms with Crippen molar-refractivity contribution in [1.29, 1.82) is 0 Å². The van der Waals surface area contributed by atoms with Crippen molar-refractivity contribution in [2.45, 2.75) is 103 Å². The van der Waals surface area contributed by atoms with E-state index in [1.165, 1.54) is 11.1 Å². The lowest BCUT2D eigenvalue weighted by Gasteiger charge is -2.40. The van der Waals surface area contributed by atoms with Crippen molar-refractivity contribution in [3.63, 3.8) is 0 Å². The van der Waals surface area contributed by atoms with E-state index in [9.17, 15) is 25.2 Å². The van der Waals surface area contributed by atoms with Gasteiger partial charge in [0, 0.05) is 57.3 Å². The van der Waals surface area contributed by atoms with Gasteiger partial charge < -0.3 is 40.4 Å². The van der Waals surface area contributed by atoms with Crippen LogP contribution in [0, 0.1) is 20.8 Å². The smallest absolute Gasteiger partial charge is 0.220 e. The van der Waals surface area contributed by atoms with Crippen LogP contribution in [-0.2, 0) is 16.0 Å². The zero-order valence-electron chi connectivity index (χ0n) is 29.0. The van der Waals surface area contributed by atoms with Crippen LogP contribution in [0.4, 0.5) is 0 Å². The minimum Gasteiger partial charge on any atom is -0.394 e. The molecule has 3 aromatic heterocycles. The number of rotatable bonds is 7. The molecule has 0 aromatic carbocycles. The molecule has 3 aliphatic heterocycles. The molecule has 0 spiro atoms. The van der Waals surface area contributed by atoms with Crippen LogP contribution >= 0.6 is 0 Å². The first-order chi connectivity index (χ1) is 23.4. The molecule has 0 radical (unpaired) electrons. The summed E-state index contributed by atoms with van der Waals surface area (Å²) in [5.41, 5.74) is 13.9. The average Bonchev–Trinajstić information content (AvgIpc) is 3.78. The largest absolute Gasteiger partial charge is 0.394 e. The van der Waals surface area contributed by atoms with Crippen molar-refractivity contribution in [3.05, 3.63) is 75.4 Å². The second-order valence-electron chi connectivity index (χ2n) is 13.6. The third-order valence-corrected chi connectivity index (χ3v) is 10.6. The summed E-state index contributed by atoms with van der Waals surface area (Å²) >= 11 is 0. The molecule has 3 aromatic rings. The lowest BCUT2D eigenvalue weighted by molar-refractivity contribution is -0.253. The lowest BCUT2D eigenvalue weighted by Crippen LogP contribution is -2.64. The minimum absolute atomic E-state index is 0.0425. The number of H-pyrrole nitrogens is 2. The van der Waals surface area contributed by atoms with Crippen molar-refractivity contribution >= 4 is 45.7 Å². The highest BCUT2D eigenvalue weighted by Gasteiger charge is 2.44. The van der Waals surface area contributed by atoms with Crippen LogP contribution in [0.5, 0.6) is 0 Å². The van der Waals surface area contributed by atoms with Crippen LogP contribution in [0.1, 0.15) is 96.0 Å². The normalized spacial score (nSPS) is 25.3. The molecule has 8 bridgehead atoms. The fraction of sp³-hybridized carbons (Fsp3) is 0.447. The maximum absolute atomic E-state index is 13.2. The molecule has 1 saturated heterocycles. The van der Waals surface area contributed by atoms with Gasteiger partial charge in [0.05, 0.1) is 18.0 Å². The number of ether oxygens (including phenoxy) is 1. The van der Waals surface area contributed by atoms with E-state index in [1.807, 2.05) is 13.0 Å². The fourth-order valence-corrected chi connectivity index (χ4v) is 7.48. The molecule has 7 N–H and O–H groups in total. The predicted octanol–water partition coefficient (Wildman–Crippen LogP) is 4.59. The molecule has 6 rings (SSSR count). The summed E-state index contributed by atoms with van der Waals surface area (Å²) in [4.78, 5) is 30.8. The van der Waals surface area contributed by atoms with Crippen LogP contribution in [-0.4, -0.2) is 83.5 Å². The van der Waals surface area contributed by atoms with Gasteiger partial charge in [0.25, 0.3) is 0 Å². The number of nitrogens with zero attached hydrogens (tertiary/aromatic N) is 2. The molecular formula is C38H47N5O6. The van der Waals surface area contributed by atoms with Gasteiger partial charge in [0.1, 0.15) is 24.4 Å². The summed E-state index contributed by atoms with van der Waals surface area (Å²) in [6, 6.07) is 5.10. The van der Waals surface area contributed by atoms with Crippen molar-refractivity contribution in [1.82, 2.24) is 25.3 Å². The van der Waals surface area contributed by atoms with Crippen molar-refractivity contribution in [2.75, 3.05) is 6.61 Å². The number of aryl methyl sites for hydroxylation is 3. The summed E-state index contributed by atoms with van der Waals surface area (Å²) in [6.07, 6.45) is -0.361. The number of carbonyl (C=O) groups is 1. The van der Waals surface area contributed by atoms with E-state index in [1.54, 1.807) is 0 Å². The highest BCUT2D eigenvalue weighted by atomic mass is 16.6. The monoisotopic (exact) mass is 669 g/mol. The summed E-state index contributed by atoms with van der Waals surface area (Å²) in [7, 11) is 0. The molecule has 1 unspecified atom stereocenters. The quantitative estimate of drug-likeness (QED) is 0.191. The number of allylic oxidation sites excluding steroid dienone is 1. The molecule has 49 heavy (non-hydrogen) atoms. The van der Waals surface area contributed by atoms with E-state index in [-0.39, 0.29) is 18.3 Å². The molecule has 0 aliphatic carbocycles. The van der Waals surface area contributed by atoms with Gasteiger partial charge in [0.15, 0.2) is 6.29 Å². The van der Waals surface area contributed by atoms with Gasteiger partial charge in [0.2, 0.25) is 5.91 Å². The summed E-state index contributed by atoms with van der Waals surface area (Å²) < 4.78 is 5.22. The number of aliphatic hydroxyl groups excluding tert-OH is 4. The number of aromatic amines is 2.